The summed E-state index contributed by atoms with van der Waals surface area (Å²) in [6, 6.07) is 1.73. The van der Waals surface area contributed by atoms with Gasteiger partial charge < -0.3 is 11.5 Å². The quantitative estimate of drug-likeness (QED) is 0.338. The topological polar surface area (TPSA) is 112 Å². The Kier molecular flexibility index (Phi) is 3.62. The predicted molar refractivity (Wildman–Crippen MR) is 58.2 cm³/mol. The maximum atomic E-state index is 13.3. The number of nitro groups is 1. The van der Waals surface area contributed by atoms with Crippen LogP contribution in [0.5, 0.6) is 0 Å². The molecule has 1 rings (SSSR count). The summed E-state index contributed by atoms with van der Waals surface area (Å²) in [6.07, 6.45) is -0.252. The summed E-state index contributed by atoms with van der Waals surface area (Å²) in [5.74, 6) is 3.13. The number of nitrogens with zero attached hydrogens (tertiary/aromatic N) is 1. The maximum absolute atomic E-state index is 13.3. The fourth-order valence-electron chi connectivity index (χ4n) is 1.06. The standard InChI is InChI=1S/C10H8FN3O3/c11-7-5-8(12)9(14(16)17)4-6(7)2-1-3-10(13)15/h4-5H,3,12H2,(H2,13,15). The first-order chi connectivity index (χ1) is 7.91. The van der Waals surface area contributed by atoms with E-state index in [1.165, 1.54) is 0 Å². The van der Waals surface area contributed by atoms with Gasteiger partial charge in [0.15, 0.2) is 0 Å². The Balaban J connectivity index is 3.15. The predicted octanol–water partition coefficient (Wildman–Crippen LogP) is 0.543. The zero-order valence-electron chi connectivity index (χ0n) is 8.57. The van der Waals surface area contributed by atoms with E-state index in [9.17, 15) is 19.3 Å². The Bertz CT molecular complexity index is 546. The number of hydrogen-bond donors (Lipinski definition) is 2. The van der Waals surface area contributed by atoms with Crippen molar-refractivity contribution in [2.75, 3.05) is 5.73 Å². The second-order valence-electron chi connectivity index (χ2n) is 3.09. The van der Waals surface area contributed by atoms with Crippen LogP contribution in [0.3, 0.4) is 0 Å². The zero-order valence-corrected chi connectivity index (χ0v) is 8.57. The average molecular weight is 237 g/mol. The first-order valence-electron chi connectivity index (χ1n) is 4.42. The van der Waals surface area contributed by atoms with Crippen molar-refractivity contribution in [2.24, 2.45) is 5.73 Å². The number of carbonyl (C=O) groups excluding carboxylic acids is 1. The lowest BCUT2D eigenvalue weighted by Gasteiger charge is -1.99. The monoisotopic (exact) mass is 237 g/mol. The van der Waals surface area contributed by atoms with E-state index in [4.69, 9.17) is 11.5 Å². The number of primary amides is 1. The molecule has 0 radical (unpaired) electrons. The highest BCUT2D eigenvalue weighted by Gasteiger charge is 2.15. The van der Waals surface area contributed by atoms with Crippen molar-refractivity contribution < 1.29 is 14.1 Å². The molecule has 0 heterocycles. The summed E-state index contributed by atoms with van der Waals surface area (Å²) in [5.41, 5.74) is 9.18. The van der Waals surface area contributed by atoms with E-state index < -0.39 is 22.3 Å². The van der Waals surface area contributed by atoms with Gasteiger partial charge >= 0.3 is 0 Å². The number of rotatable bonds is 2. The summed E-state index contributed by atoms with van der Waals surface area (Å²) in [4.78, 5) is 20.2. The molecule has 7 heteroatoms. The molecule has 0 aliphatic rings. The van der Waals surface area contributed by atoms with Gasteiger partial charge in [-0.1, -0.05) is 11.8 Å². The molecule has 1 aromatic carbocycles. The van der Waals surface area contributed by atoms with Crippen LogP contribution in [0.4, 0.5) is 15.8 Å². The van der Waals surface area contributed by atoms with E-state index in [2.05, 4.69) is 11.8 Å². The molecule has 88 valence electrons. The SMILES string of the molecule is NC(=O)CC#Cc1cc([N+](=O)[O-])c(N)cc1F. The number of anilines is 1. The van der Waals surface area contributed by atoms with Crippen LogP contribution in [-0.4, -0.2) is 10.8 Å². The van der Waals surface area contributed by atoms with Crippen LogP contribution in [0.15, 0.2) is 12.1 Å². The Morgan fingerprint density at radius 2 is 2.18 bits per heavy atom. The number of halogens is 1. The van der Waals surface area contributed by atoms with E-state index >= 15 is 0 Å². The van der Waals surface area contributed by atoms with Gasteiger partial charge in [-0.25, -0.2) is 4.39 Å². The van der Waals surface area contributed by atoms with Crippen molar-refractivity contribution in [2.45, 2.75) is 6.42 Å². The molecule has 0 saturated heterocycles. The molecule has 0 bridgehead atoms. The van der Waals surface area contributed by atoms with Crippen LogP contribution in [0.2, 0.25) is 0 Å². The lowest BCUT2D eigenvalue weighted by atomic mass is 10.1. The highest BCUT2D eigenvalue weighted by atomic mass is 19.1. The molecule has 1 aromatic rings. The Labute approximate surface area is 95.6 Å². The molecule has 0 aromatic heterocycles. The van der Waals surface area contributed by atoms with E-state index in [1.807, 2.05) is 0 Å². The maximum Gasteiger partial charge on any atom is 0.293 e. The lowest BCUT2D eigenvalue weighted by Crippen LogP contribution is -2.08. The Hall–Kier alpha value is -2.62. The first kappa shape index (κ1) is 12.4. The Morgan fingerprint density at radius 1 is 1.53 bits per heavy atom. The van der Waals surface area contributed by atoms with Gasteiger partial charge in [-0.15, -0.1) is 0 Å². The number of benzene rings is 1. The van der Waals surface area contributed by atoms with Gasteiger partial charge in [0.05, 0.1) is 16.9 Å². The van der Waals surface area contributed by atoms with Gasteiger partial charge in [-0.3, -0.25) is 14.9 Å². The van der Waals surface area contributed by atoms with Crippen LogP contribution in [-0.2, 0) is 4.79 Å². The third kappa shape index (κ3) is 3.17. The molecule has 0 fully saturated rings. The number of amides is 1. The minimum absolute atomic E-state index is 0.202. The molecule has 17 heavy (non-hydrogen) atoms. The first-order valence-corrected chi connectivity index (χ1v) is 4.42. The van der Waals surface area contributed by atoms with Gasteiger partial charge in [0.1, 0.15) is 11.5 Å². The van der Waals surface area contributed by atoms with Crippen molar-refractivity contribution in [1.82, 2.24) is 0 Å². The minimum atomic E-state index is -0.787. The van der Waals surface area contributed by atoms with Gasteiger partial charge in [-0.2, -0.15) is 0 Å². The second-order valence-corrected chi connectivity index (χ2v) is 3.09. The van der Waals surface area contributed by atoms with Crippen molar-refractivity contribution >= 4 is 17.3 Å². The molecule has 6 nitrogen and oxygen atoms in total. The van der Waals surface area contributed by atoms with E-state index in [-0.39, 0.29) is 17.7 Å². The van der Waals surface area contributed by atoms with Crippen LogP contribution in [0.25, 0.3) is 0 Å². The fraction of sp³-hybridized carbons (Fsp3) is 0.100. The second kappa shape index (κ2) is 4.94. The van der Waals surface area contributed by atoms with Crippen LogP contribution >= 0.6 is 0 Å². The molecule has 0 atom stereocenters. The average Bonchev–Trinajstić information content (AvgIpc) is 2.20. The smallest absolute Gasteiger partial charge is 0.293 e. The fourth-order valence-corrected chi connectivity index (χ4v) is 1.06. The summed E-state index contributed by atoms with van der Waals surface area (Å²) in [7, 11) is 0. The molecule has 4 N–H and O–H groups in total. The third-order valence-electron chi connectivity index (χ3n) is 1.80. The summed E-state index contributed by atoms with van der Waals surface area (Å²) in [5, 5.41) is 10.5. The summed E-state index contributed by atoms with van der Waals surface area (Å²) >= 11 is 0. The van der Waals surface area contributed by atoms with Gasteiger partial charge in [0.25, 0.3) is 5.69 Å². The molecular formula is C10H8FN3O3. The third-order valence-corrected chi connectivity index (χ3v) is 1.80. The number of hydrogen-bond acceptors (Lipinski definition) is 4. The molecule has 0 unspecified atom stereocenters. The molecule has 0 spiro atoms. The number of nitrogens with two attached hydrogens (primary N) is 2. The molecule has 0 aliphatic heterocycles. The lowest BCUT2D eigenvalue weighted by molar-refractivity contribution is -0.384. The van der Waals surface area contributed by atoms with Crippen LogP contribution in [0, 0.1) is 27.8 Å². The van der Waals surface area contributed by atoms with Gasteiger partial charge in [0, 0.05) is 12.1 Å². The normalized spacial score (nSPS) is 9.24. The number of carbonyl (C=O) groups is 1. The van der Waals surface area contributed by atoms with E-state index in [0.29, 0.717) is 0 Å². The van der Waals surface area contributed by atoms with Gasteiger partial charge in [0.2, 0.25) is 5.91 Å². The Morgan fingerprint density at radius 3 is 2.71 bits per heavy atom. The van der Waals surface area contributed by atoms with Gasteiger partial charge in [-0.05, 0) is 0 Å². The molecule has 0 aliphatic carbocycles. The number of nitro benzene ring substituents is 1. The number of nitrogen functional groups attached to an aromatic ring is 1. The summed E-state index contributed by atoms with van der Waals surface area (Å²) < 4.78 is 13.3. The molecular weight excluding hydrogens is 229 g/mol. The van der Waals surface area contributed by atoms with Crippen molar-refractivity contribution in [3.8, 4) is 11.8 Å². The van der Waals surface area contributed by atoms with Crippen molar-refractivity contribution in [3.05, 3.63) is 33.6 Å². The van der Waals surface area contributed by atoms with Crippen LogP contribution in [0.1, 0.15) is 12.0 Å². The highest BCUT2D eigenvalue weighted by Crippen LogP contribution is 2.24. The van der Waals surface area contributed by atoms with E-state index in [1.54, 1.807) is 0 Å². The zero-order chi connectivity index (χ0) is 13.0. The van der Waals surface area contributed by atoms with E-state index in [0.717, 1.165) is 12.1 Å². The molecule has 1 amide bonds. The summed E-state index contributed by atoms with van der Waals surface area (Å²) in [6.45, 7) is 0. The minimum Gasteiger partial charge on any atom is -0.393 e. The van der Waals surface area contributed by atoms with Crippen molar-refractivity contribution in [1.29, 1.82) is 0 Å². The largest absolute Gasteiger partial charge is 0.393 e. The van der Waals surface area contributed by atoms with Crippen LogP contribution < -0.4 is 11.5 Å². The highest BCUT2D eigenvalue weighted by molar-refractivity contribution is 5.76. The van der Waals surface area contributed by atoms with Crippen molar-refractivity contribution in [3.63, 3.8) is 0 Å². The molecule has 0 saturated carbocycles.